The van der Waals surface area contributed by atoms with Crippen molar-refractivity contribution in [3.63, 3.8) is 0 Å². The fourth-order valence-electron chi connectivity index (χ4n) is 0.153. The summed E-state index contributed by atoms with van der Waals surface area (Å²) in [4.78, 5) is 7.22. The molecule has 3 nitrogen and oxygen atoms in total. The summed E-state index contributed by atoms with van der Waals surface area (Å²) >= 11 is 0. The van der Waals surface area contributed by atoms with Gasteiger partial charge in [-0.1, -0.05) is 6.57 Å². The van der Waals surface area contributed by atoms with Crippen LogP contribution in [0.4, 0.5) is 0 Å². The molecule has 0 atom stereocenters. The van der Waals surface area contributed by atoms with Gasteiger partial charge in [0.2, 0.25) is 0 Å². The highest BCUT2D eigenvalue weighted by Crippen LogP contribution is 1.76. The van der Waals surface area contributed by atoms with Gasteiger partial charge in [-0.3, -0.25) is 0 Å². The second-order valence-corrected chi connectivity index (χ2v) is 0.933. The van der Waals surface area contributed by atoms with Crippen molar-refractivity contribution in [1.82, 2.24) is 0 Å². The number of hydrogen-bond acceptors (Lipinski definition) is 2. The van der Waals surface area contributed by atoms with Crippen LogP contribution in [0, 0.1) is 6.57 Å². The molecule has 0 N–H and O–H groups in total. The van der Waals surface area contributed by atoms with Gasteiger partial charge in [0, 0.05) is 0 Å². The molecule has 0 rings (SSSR count). The minimum Gasteiger partial charge on any atom is -0.361 e. The first-order chi connectivity index (χ1) is 3.31. The summed E-state index contributed by atoms with van der Waals surface area (Å²) in [6.45, 7) is 7.91. The summed E-state index contributed by atoms with van der Waals surface area (Å²) in [6, 6.07) is 0. The minimum atomic E-state index is 0.322. The number of amidine groups is 1. The molecule has 0 bridgehead atoms. The highest BCUT2D eigenvalue weighted by molar-refractivity contribution is 5.88. The normalized spacial score (nSPS) is 10.1. The molecule has 0 aliphatic rings. The molecule has 0 saturated heterocycles. The molecule has 0 aliphatic carbocycles. The predicted molar refractivity (Wildman–Crippen MR) is 26.7 cm³/mol. The molecule has 7 heavy (non-hydrogen) atoms. The Labute approximate surface area is 42.4 Å². The quantitative estimate of drug-likeness (QED) is 0.207. The van der Waals surface area contributed by atoms with Gasteiger partial charge in [0.1, 0.15) is 7.11 Å². The molecule has 0 aromatic rings. The topological polar surface area (TPSA) is 25.9 Å². The van der Waals surface area contributed by atoms with Gasteiger partial charge in [0.25, 0.3) is 5.84 Å². The SMILES string of the molecule is [C-]#[N+]/C(C)=N/OC. The van der Waals surface area contributed by atoms with Gasteiger partial charge >= 0.3 is 0 Å². The van der Waals surface area contributed by atoms with Crippen molar-refractivity contribution in [2.45, 2.75) is 6.92 Å². The van der Waals surface area contributed by atoms with Gasteiger partial charge in [-0.25, -0.2) is 0 Å². The van der Waals surface area contributed by atoms with Crippen molar-refractivity contribution < 1.29 is 4.84 Å². The Balaban J connectivity index is 3.57. The van der Waals surface area contributed by atoms with E-state index in [1.807, 2.05) is 0 Å². The first kappa shape index (κ1) is 5.96. The predicted octanol–water partition coefficient (Wildman–Crippen LogP) is 0.885. The smallest absolute Gasteiger partial charge is 0.288 e. The number of rotatable bonds is 1. The lowest BCUT2D eigenvalue weighted by Gasteiger charge is -1.77. The zero-order chi connectivity index (χ0) is 5.70. The molecule has 0 heterocycles. The van der Waals surface area contributed by atoms with Crippen LogP contribution in [-0.2, 0) is 4.84 Å². The van der Waals surface area contributed by atoms with Crippen LogP contribution in [0.25, 0.3) is 4.85 Å². The monoisotopic (exact) mass is 98.0 g/mol. The first-order valence-corrected chi connectivity index (χ1v) is 1.76. The summed E-state index contributed by atoms with van der Waals surface area (Å²) in [7, 11) is 1.41. The van der Waals surface area contributed by atoms with Crippen LogP contribution in [-0.4, -0.2) is 12.9 Å². The summed E-state index contributed by atoms with van der Waals surface area (Å²) in [5, 5.41) is 3.31. The molecule has 0 fully saturated rings. The van der Waals surface area contributed by atoms with Crippen LogP contribution in [0.5, 0.6) is 0 Å². The fourth-order valence-corrected chi connectivity index (χ4v) is 0.153. The average molecular weight is 98.1 g/mol. The van der Waals surface area contributed by atoms with Gasteiger partial charge in [0.05, 0.1) is 5.16 Å². The van der Waals surface area contributed by atoms with Crippen molar-refractivity contribution in [2.24, 2.45) is 5.16 Å². The maximum absolute atomic E-state index is 6.33. The van der Waals surface area contributed by atoms with Gasteiger partial charge in [-0.05, 0) is 6.92 Å². The van der Waals surface area contributed by atoms with Gasteiger partial charge in [-0.2, -0.15) is 0 Å². The van der Waals surface area contributed by atoms with E-state index in [2.05, 4.69) is 14.8 Å². The van der Waals surface area contributed by atoms with E-state index in [1.54, 1.807) is 6.92 Å². The number of hydrogen-bond donors (Lipinski definition) is 0. The molecule has 0 saturated carbocycles. The van der Waals surface area contributed by atoms with Crippen LogP contribution in [0.15, 0.2) is 5.16 Å². The lowest BCUT2D eigenvalue weighted by atomic mass is 10.7. The van der Waals surface area contributed by atoms with E-state index in [4.69, 9.17) is 6.57 Å². The standard InChI is InChI=1S/C4H6N2O/c1-4(5-2)6-7-3/h1,3H3/b6-4+. The van der Waals surface area contributed by atoms with E-state index >= 15 is 0 Å². The lowest BCUT2D eigenvalue weighted by Crippen LogP contribution is -1.79. The lowest BCUT2D eigenvalue weighted by molar-refractivity contribution is 0.213. The van der Waals surface area contributed by atoms with E-state index in [-0.39, 0.29) is 0 Å². The molecule has 0 radical (unpaired) electrons. The highest BCUT2D eigenvalue weighted by atomic mass is 16.6. The van der Waals surface area contributed by atoms with Crippen LogP contribution < -0.4 is 0 Å². The maximum atomic E-state index is 6.33. The van der Waals surface area contributed by atoms with Crippen LogP contribution in [0.2, 0.25) is 0 Å². The highest BCUT2D eigenvalue weighted by Gasteiger charge is 1.81. The second-order valence-electron chi connectivity index (χ2n) is 0.933. The Kier molecular flexibility index (Phi) is 2.69. The fraction of sp³-hybridized carbons (Fsp3) is 0.500. The zero-order valence-electron chi connectivity index (χ0n) is 4.30. The summed E-state index contributed by atoms with van der Waals surface area (Å²) in [6.07, 6.45) is 0. The third kappa shape index (κ3) is 2.77. The molecule has 0 unspecified atom stereocenters. The van der Waals surface area contributed by atoms with Crippen LogP contribution in [0.3, 0.4) is 0 Å². The Morgan fingerprint density at radius 3 is 2.57 bits per heavy atom. The van der Waals surface area contributed by atoms with Crippen molar-refractivity contribution in [2.75, 3.05) is 7.11 Å². The second kappa shape index (κ2) is 3.16. The maximum Gasteiger partial charge on any atom is 0.288 e. The number of oxime groups is 1. The van der Waals surface area contributed by atoms with Crippen LogP contribution >= 0.6 is 0 Å². The third-order valence-electron chi connectivity index (χ3n) is 0.385. The van der Waals surface area contributed by atoms with Crippen molar-refractivity contribution >= 4 is 5.84 Å². The summed E-state index contributed by atoms with van der Waals surface area (Å²) in [5.41, 5.74) is 0. The first-order valence-electron chi connectivity index (χ1n) is 1.76. The Bertz CT molecular complexity index is 111. The molecular weight excluding hydrogens is 92.1 g/mol. The van der Waals surface area contributed by atoms with Crippen molar-refractivity contribution in [1.29, 1.82) is 0 Å². The molecule has 3 heteroatoms. The largest absolute Gasteiger partial charge is 0.361 e. The molecule has 0 aromatic heterocycles. The van der Waals surface area contributed by atoms with Crippen molar-refractivity contribution in [3.8, 4) is 0 Å². The van der Waals surface area contributed by atoms with E-state index in [9.17, 15) is 0 Å². The molecule has 0 aliphatic heterocycles. The van der Waals surface area contributed by atoms with Gasteiger partial charge in [-0.15, -0.1) is 0 Å². The van der Waals surface area contributed by atoms with E-state index < -0.39 is 0 Å². The summed E-state index contributed by atoms with van der Waals surface area (Å²) in [5.74, 6) is 0.322. The van der Waals surface area contributed by atoms with E-state index in [0.717, 1.165) is 0 Å². The Hall–Kier alpha value is -1.04. The molecule has 0 spiro atoms. The minimum absolute atomic E-state index is 0.322. The number of nitrogens with zero attached hydrogens (tertiary/aromatic N) is 2. The molecule has 38 valence electrons. The van der Waals surface area contributed by atoms with Gasteiger partial charge < -0.3 is 9.68 Å². The molecule has 0 amide bonds. The van der Waals surface area contributed by atoms with Crippen LogP contribution in [0.1, 0.15) is 6.92 Å². The average Bonchev–Trinajstić information content (AvgIpc) is 1.68. The molecular formula is C4H6N2O. The summed E-state index contributed by atoms with van der Waals surface area (Å²) < 4.78 is 0. The van der Waals surface area contributed by atoms with E-state index in [0.29, 0.717) is 5.84 Å². The van der Waals surface area contributed by atoms with Gasteiger partial charge in [0.15, 0.2) is 0 Å². The van der Waals surface area contributed by atoms with Crippen molar-refractivity contribution in [3.05, 3.63) is 11.4 Å². The Morgan fingerprint density at radius 2 is 2.43 bits per heavy atom. The zero-order valence-corrected chi connectivity index (χ0v) is 4.30. The third-order valence-corrected chi connectivity index (χ3v) is 0.385. The van der Waals surface area contributed by atoms with E-state index in [1.165, 1.54) is 7.11 Å². The molecule has 0 aromatic carbocycles. The Morgan fingerprint density at radius 1 is 1.86 bits per heavy atom.